The molecule has 0 spiro atoms. The molecule has 0 unspecified atom stereocenters. The second kappa shape index (κ2) is 6.89. The Bertz CT molecular complexity index is 484. The van der Waals surface area contributed by atoms with Crippen LogP contribution in [0.3, 0.4) is 0 Å². The minimum absolute atomic E-state index is 0.200. The number of rotatable bonds is 6. The van der Waals surface area contributed by atoms with Gasteiger partial charge < -0.3 is 9.84 Å². The summed E-state index contributed by atoms with van der Waals surface area (Å²) in [6.45, 7) is 0.657. The monoisotopic (exact) mass is 292 g/mol. The molecule has 1 heterocycles. The van der Waals surface area contributed by atoms with Gasteiger partial charge in [-0.15, -0.1) is 0 Å². The molecule has 5 nitrogen and oxygen atoms in total. The number of pyridine rings is 1. The fourth-order valence-electron chi connectivity index (χ4n) is 3.34. The van der Waals surface area contributed by atoms with E-state index in [0.29, 0.717) is 12.4 Å². The molecule has 21 heavy (non-hydrogen) atoms. The zero-order valence-electron chi connectivity index (χ0n) is 12.8. The largest absolute Gasteiger partial charge is 0.481 e. The van der Waals surface area contributed by atoms with Gasteiger partial charge in [-0.3, -0.25) is 9.69 Å². The minimum Gasteiger partial charge on any atom is -0.481 e. The second-order valence-corrected chi connectivity index (χ2v) is 5.88. The minimum atomic E-state index is -0.720. The summed E-state index contributed by atoms with van der Waals surface area (Å²) in [6.07, 6.45) is 7.19. The van der Waals surface area contributed by atoms with Crippen molar-refractivity contribution in [3.63, 3.8) is 0 Å². The molecule has 1 saturated carbocycles. The Morgan fingerprint density at radius 2 is 2.14 bits per heavy atom. The molecule has 1 aromatic heterocycles. The van der Waals surface area contributed by atoms with Gasteiger partial charge in [-0.05, 0) is 26.0 Å². The molecular weight excluding hydrogens is 268 g/mol. The second-order valence-electron chi connectivity index (χ2n) is 5.88. The Hall–Kier alpha value is -1.62. The Labute approximate surface area is 125 Å². The fourth-order valence-corrected chi connectivity index (χ4v) is 3.34. The summed E-state index contributed by atoms with van der Waals surface area (Å²) in [6, 6.07) is 3.87. The number of ether oxygens (including phenoxy) is 1. The maximum absolute atomic E-state index is 11.3. The number of aromatic nitrogens is 1. The van der Waals surface area contributed by atoms with Crippen molar-refractivity contribution in [3.05, 3.63) is 23.9 Å². The van der Waals surface area contributed by atoms with E-state index in [-0.39, 0.29) is 12.0 Å². The third-order valence-electron chi connectivity index (χ3n) is 4.53. The molecule has 5 heteroatoms. The van der Waals surface area contributed by atoms with Crippen molar-refractivity contribution in [1.29, 1.82) is 0 Å². The smallest absolute Gasteiger partial charge is 0.305 e. The van der Waals surface area contributed by atoms with Crippen LogP contribution in [0.4, 0.5) is 0 Å². The number of hydrogen-bond acceptors (Lipinski definition) is 4. The first kappa shape index (κ1) is 15.8. The van der Waals surface area contributed by atoms with Crippen molar-refractivity contribution in [1.82, 2.24) is 9.88 Å². The summed E-state index contributed by atoms with van der Waals surface area (Å²) in [4.78, 5) is 17.7. The van der Waals surface area contributed by atoms with Gasteiger partial charge in [-0.2, -0.15) is 0 Å². The van der Waals surface area contributed by atoms with Crippen molar-refractivity contribution in [2.45, 2.75) is 50.6 Å². The van der Waals surface area contributed by atoms with Gasteiger partial charge >= 0.3 is 5.97 Å². The normalized spacial score (nSPS) is 17.7. The Balaban J connectivity index is 2.18. The lowest BCUT2D eigenvalue weighted by molar-refractivity contribution is -0.141. The van der Waals surface area contributed by atoms with Crippen LogP contribution in [-0.4, -0.2) is 40.7 Å². The fraction of sp³-hybridized carbons (Fsp3) is 0.625. The van der Waals surface area contributed by atoms with Gasteiger partial charge in [-0.1, -0.05) is 25.3 Å². The average molecular weight is 292 g/mol. The molecule has 2 rings (SSSR count). The van der Waals surface area contributed by atoms with Crippen LogP contribution in [-0.2, 0) is 11.3 Å². The van der Waals surface area contributed by atoms with E-state index in [1.165, 1.54) is 6.42 Å². The van der Waals surface area contributed by atoms with Gasteiger partial charge in [0.2, 0.25) is 5.88 Å². The van der Waals surface area contributed by atoms with Crippen molar-refractivity contribution >= 4 is 5.97 Å². The summed E-state index contributed by atoms with van der Waals surface area (Å²) < 4.78 is 5.29. The first-order valence-corrected chi connectivity index (χ1v) is 7.48. The third-order valence-corrected chi connectivity index (χ3v) is 4.53. The zero-order chi connectivity index (χ0) is 15.3. The highest BCUT2D eigenvalue weighted by atomic mass is 16.5. The number of carboxylic acid groups (broad SMARTS) is 1. The van der Waals surface area contributed by atoms with Gasteiger partial charge in [0.25, 0.3) is 0 Å². The van der Waals surface area contributed by atoms with Gasteiger partial charge in [0, 0.05) is 23.8 Å². The first-order chi connectivity index (χ1) is 10.1. The highest BCUT2D eigenvalue weighted by Gasteiger charge is 2.38. The van der Waals surface area contributed by atoms with Crippen LogP contribution < -0.4 is 4.74 Å². The summed E-state index contributed by atoms with van der Waals surface area (Å²) in [7, 11) is 3.63. The molecule has 0 atom stereocenters. The van der Waals surface area contributed by atoms with Crippen LogP contribution in [0.5, 0.6) is 5.88 Å². The number of methoxy groups -OCH3 is 1. The SMILES string of the molecule is COc1ncccc1CN(C)C1(CC(=O)O)CCCCC1. The standard InChI is InChI=1S/C16H24N2O3/c1-18(12-13-7-6-10-17-15(13)21-2)16(11-14(19)20)8-4-3-5-9-16/h6-7,10H,3-5,8-9,11-12H2,1-2H3,(H,19,20). The lowest BCUT2D eigenvalue weighted by atomic mass is 9.78. The number of carboxylic acids is 1. The molecule has 1 N–H and O–H groups in total. The molecule has 0 bridgehead atoms. The Morgan fingerprint density at radius 1 is 1.43 bits per heavy atom. The predicted octanol–water partition coefficient (Wildman–Crippen LogP) is 2.70. The average Bonchev–Trinajstić information content (AvgIpc) is 2.48. The molecule has 116 valence electrons. The van der Waals surface area contributed by atoms with Crippen LogP contribution in [0.25, 0.3) is 0 Å². The number of nitrogens with zero attached hydrogens (tertiary/aromatic N) is 2. The summed E-state index contributed by atoms with van der Waals surface area (Å²) in [5, 5.41) is 9.28. The van der Waals surface area contributed by atoms with Gasteiger partial charge in [0.1, 0.15) is 0 Å². The van der Waals surface area contributed by atoms with Gasteiger partial charge in [-0.25, -0.2) is 4.98 Å². The van der Waals surface area contributed by atoms with E-state index in [4.69, 9.17) is 4.74 Å². The van der Waals surface area contributed by atoms with E-state index in [2.05, 4.69) is 9.88 Å². The molecule has 0 amide bonds. The molecule has 1 fully saturated rings. The quantitative estimate of drug-likeness (QED) is 0.873. The topological polar surface area (TPSA) is 62.7 Å². The maximum atomic E-state index is 11.3. The van der Waals surface area contributed by atoms with Crippen LogP contribution in [0.2, 0.25) is 0 Å². The van der Waals surface area contributed by atoms with Gasteiger partial charge in [0.05, 0.1) is 13.5 Å². The molecule has 1 aliphatic carbocycles. The van der Waals surface area contributed by atoms with E-state index < -0.39 is 5.97 Å². The molecule has 1 aromatic rings. The van der Waals surface area contributed by atoms with E-state index in [0.717, 1.165) is 31.2 Å². The molecule has 0 aromatic carbocycles. The van der Waals surface area contributed by atoms with Crippen LogP contribution in [0.1, 0.15) is 44.1 Å². The molecular formula is C16H24N2O3. The van der Waals surface area contributed by atoms with E-state index in [1.807, 2.05) is 19.2 Å². The van der Waals surface area contributed by atoms with E-state index in [1.54, 1.807) is 13.3 Å². The zero-order valence-corrected chi connectivity index (χ0v) is 12.8. The highest BCUT2D eigenvalue weighted by molar-refractivity contribution is 5.68. The van der Waals surface area contributed by atoms with Crippen molar-refractivity contribution < 1.29 is 14.6 Å². The Morgan fingerprint density at radius 3 is 2.76 bits per heavy atom. The molecule has 0 radical (unpaired) electrons. The van der Waals surface area contributed by atoms with Crippen molar-refractivity contribution in [2.75, 3.05) is 14.2 Å². The first-order valence-electron chi connectivity index (χ1n) is 7.48. The van der Waals surface area contributed by atoms with Gasteiger partial charge in [0.15, 0.2) is 0 Å². The summed E-state index contributed by atoms with van der Waals surface area (Å²) >= 11 is 0. The van der Waals surface area contributed by atoms with E-state index >= 15 is 0 Å². The third kappa shape index (κ3) is 3.73. The number of carbonyl (C=O) groups is 1. The number of aliphatic carboxylic acids is 1. The van der Waals surface area contributed by atoms with Crippen LogP contribution in [0.15, 0.2) is 18.3 Å². The lowest BCUT2D eigenvalue weighted by Gasteiger charge is -2.44. The van der Waals surface area contributed by atoms with Crippen molar-refractivity contribution in [3.8, 4) is 5.88 Å². The van der Waals surface area contributed by atoms with Crippen molar-refractivity contribution in [2.24, 2.45) is 0 Å². The number of hydrogen-bond donors (Lipinski definition) is 1. The molecule has 0 aliphatic heterocycles. The lowest BCUT2D eigenvalue weighted by Crippen LogP contribution is -2.49. The van der Waals surface area contributed by atoms with Crippen LogP contribution >= 0.6 is 0 Å². The summed E-state index contributed by atoms with van der Waals surface area (Å²) in [5.41, 5.74) is 0.753. The van der Waals surface area contributed by atoms with E-state index in [9.17, 15) is 9.90 Å². The summed E-state index contributed by atoms with van der Waals surface area (Å²) in [5.74, 6) is -0.104. The Kier molecular flexibility index (Phi) is 5.17. The maximum Gasteiger partial charge on any atom is 0.305 e. The molecule has 0 saturated heterocycles. The van der Waals surface area contributed by atoms with Crippen LogP contribution in [0, 0.1) is 0 Å². The highest BCUT2D eigenvalue weighted by Crippen LogP contribution is 2.37. The predicted molar refractivity (Wildman–Crippen MR) is 80.3 cm³/mol. The molecule has 1 aliphatic rings.